The van der Waals surface area contributed by atoms with Gasteiger partial charge in [-0.25, -0.2) is 4.98 Å². The van der Waals surface area contributed by atoms with Crippen LogP contribution >= 0.6 is 35.5 Å². The van der Waals surface area contributed by atoms with Gasteiger partial charge in [0.15, 0.2) is 4.34 Å². The highest BCUT2D eigenvalue weighted by molar-refractivity contribution is 8.01. The fraction of sp³-hybridized carbons (Fsp3) is 0.462. The van der Waals surface area contributed by atoms with Crippen molar-refractivity contribution in [2.24, 2.45) is 0 Å². The minimum Gasteiger partial charge on any atom is -0.313 e. The third-order valence-corrected chi connectivity index (χ3v) is 5.72. The Balaban J connectivity index is 0.00000161. The lowest BCUT2D eigenvalue weighted by molar-refractivity contribution is -0.384. The predicted molar refractivity (Wildman–Crippen MR) is 89.9 cm³/mol. The standard InChI is InChI=1S/C13H15N3O2S2.ClH/c17-16(18)10-4-5-12-11(7-10)15-13(20-12)19-8-9-3-1-2-6-14-9;/h4-5,7,9,14H,1-3,6,8H2;1H. The number of hydrogen-bond donors (Lipinski definition) is 1. The summed E-state index contributed by atoms with van der Waals surface area (Å²) in [5.41, 5.74) is 0.830. The number of benzene rings is 1. The highest BCUT2D eigenvalue weighted by atomic mass is 35.5. The molecule has 0 amide bonds. The monoisotopic (exact) mass is 345 g/mol. The molecule has 1 atom stereocenters. The number of piperidine rings is 1. The van der Waals surface area contributed by atoms with Crippen molar-refractivity contribution in [3.8, 4) is 0 Å². The first-order valence-electron chi connectivity index (χ1n) is 6.63. The number of nitro benzene ring substituents is 1. The van der Waals surface area contributed by atoms with E-state index in [0.29, 0.717) is 6.04 Å². The van der Waals surface area contributed by atoms with E-state index in [9.17, 15) is 10.1 Å². The molecule has 0 saturated carbocycles. The molecular weight excluding hydrogens is 330 g/mol. The number of non-ortho nitro benzene ring substituents is 1. The first-order valence-corrected chi connectivity index (χ1v) is 8.44. The predicted octanol–water partition coefficient (Wildman–Crippen LogP) is 3.86. The number of nitro groups is 1. The van der Waals surface area contributed by atoms with Gasteiger partial charge in [-0.1, -0.05) is 18.2 Å². The second-order valence-electron chi connectivity index (χ2n) is 4.85. The molecular formula is C13H16ClN3O2S2. The lowest BCUT2D eigenvalue weighted by atomic mass is 10.1. The van der Waals surface area contributed by atoms with E-state index in [1.54, 1.807) is 35.2 Å². The van der Waals surface area contributed by atoms with Crippen LogP contribution in [0.25, 0.3) is 10.2 Å². The van der Waals surface area contributed by atoms with Crippen LogP contribution in [0.1, 0.15) is 19.3 Å². The molecule has 3 rings (SSSR count). The van der Waals surface area contributed by atoms with Gasteiger partial charge in [0, 0.05) is 23.9 Å². The van der Waals surface area contributed by atoms with Crippen LogP contribution in [0.4, 0.5) is 5.69 Å². The van der Waals surface area contributed by atoms with E-state index in [4.69, 9.17) is 0 Å². The normalized spacial score (nSPS) is 18.4. The van der Waals surface area contributed by atoms with Crippen LogP contribution in [0.2, 0.25) is 0 Å². The smallest absolute Gasteiger partial charge is 0.271 e. The summed E-state index contributed by atoms with van der Waals surface area (Å²) in [6, 6.07) is 5.44. The number of fused-ring (bicyclic) bond motifs is 1. The summed E-state index contributed by atoms with van der Waals surface area (Å²) in [7, 11) is 0. The molecule has 1 aliphatic heterocycles. The van der Waals surface area contributed by atoms with Gasteiger partial charge in [-0.15, -0.1) is 23.7 Å². The van der Waals surface area contributed by atoms with Gasteiger partial charge in [-0.05, 0) is 25.5 Å². The summed E-state index contributed by atoms with van der Waals surface area (Å²) in [5, 5.41) is 14.3. The molecule has 0 bridgehead atoms. The topological polar surface area (TPSA) is 68.1 Å². The van der Waals surface area contributed by atoms with Gasteiger partial charge in [0.05, 0.1) is 15.1 Å². The maximum atomic E-state index is 10.8. The molecule has 21 heavy (non-hydrogen) atoms. The summed E-state index contributed by atoms with van der Waals surface area (Å²) in [4.78, 5) is 14.9. The van der Waals surface area contributed by atoms with Crippen LogP contribution in [0.3, 0.4) is 0 Å². The largest absolute Gasteiger partial charge is 0.313 e. The first kappa shape index (κ1) is 16.5. The van der Waals surface area contributed by atoms with Crippen LogP contribution in [0.5, 0.6) is 0 Å². The molecule has 1 saturated heterocycles. The minimum absolute atomic E-state index is 0. The lowest BCUT2D eigenvalue weighted by Crippen LogP contribution is -2.35. The summed E-state index contributed by atoms with van der Waals surface area (Å²) in [6.45, 7) is 1.11. The van der Waals surface area contributed by atoms with Crippen LogP contribution in [0.15, 0.2) is 22.5 Å². The molecule has 1 aromatic heterocycles. The molecule has 1 aliphatic rings. The second-order valence-corrected chi connectivity index (χ2v) is 7.14. The zero-order valence-electron chi connectivity index (χ0n) is 11.3. The summed E-state index contributed by atoms with van der Waals surface area (Å²) >= 11 is 3.35. The Hall–Kier alpha value is -0.890. The Kier molecular flexibility index (Phi) is 5.80. The molecule has 2 heterocycles. The molecule has 1 aromatic carbocycles. The number of halogens is 1. The van der Waals surface area contributed by atoms with Crippen LogP contribution in [-0.2, 0) is 0 Å². The van der Waals surface area contributed by atoms with Crippen molar-refractivity contribution in [3.05, 3.63) is 28.3 Å². The van der Waals surface area contributed by atoms with Gasteiger partial charge in [-0.2, -0.15) is 0 Å². The molecule has 0 spiro atoms. The maximum Gasteiger partial charge on any atom is 0.271 e. The van der Waals surface area contributed by atoms with Crippen LogP contribution in [-0.4, -0.2) is 28.2 Å². The first-order chi connectivity index (χ1) is 9.72. The van der Waals surface area contributed by atoms with E-state index >= 15 is 0 Å². The number of thiazole rings is 1. The van der Waals surface area contributed by atoms with E-state index in [1.165, 1.54) is 25.3 Å². The minimum atomic E-state index is -0.377. The Morgan fingerprint density at radius 3 is 3.05 bits per heavy atom. The van der Waals surface area contributed by atoms with Crippen molar-refractivity contribution in [1.29, 1.82) is 0 Å². The summed E-state index contributed by atoms with van der Waals surface area (Å²) < 4.78 is 2.00. The molecule has 1 fully saturated rings. The zero-order valence-corrected chi connectivity index (χ0v) is 13.7. The molecule has 0 radical (unpaired) electrons. The van der Waals surface area contributed by atoms with Gasteiger partial charge in [-0.3, -0.25) is 10.1 Å². The Morgan fingerprint density at radius 2 is 2.33 bits per heavy atom. The Labute approximate surface area is 137 Å². The van der Waals surface area contributed by atoms with Crippen molar-refractivity contribution in [3.63, 3.8) is 0 Å². The van der Waals surface area contributed by atoms with Gasteiger partial charge in [0.1, 0.15) is 0 Å². The van der Waals surface area contributed by atoms with Crippen LogP contribution in [0, 0.1) is 10.1 Å². The van der Waals surface area contributed by atoms with Crippen LogP contribution < -0.4 is 5.32 Å². The van der Waals surface area contributed by atoms with E-state index in [1.807, 2.05) is 0 Å². The highest BCUT2D eigenvalue weighted by Crippen LogP contribution is 2.32. The SMILES string of the molecule is Cl.O=[N+]([O-])c1ccc2sc(SCC3CCCCN3)nc2c1. The Bertz CT molecular complexity index is 629. The third-order valence-electron chi connectivity index (χ3n) is 3.38. The highest BCUT2D eigenvalue weighted by Gasteiger charge is 2.15. The summed E-state index contributed by atoms with van der Waals surface area (Å²) in [5.74, 6) is 1.02. The zero-order chi connectivity index (χ0) is 13.9. The number of rotatable bonds is 4. The summed E-state index contributed by atoms with van der Waals surface area (Å²) in [6.07, 6.45) is 3.79. The number of hydrogen-bond acceptors (Lipinski definition) is 6. The number of nitrogens with zero attached hydrogens (tertiary/aromatic N) is 2. The molecule has 114 valence electrons. The number of thioether (sulfide) groups is 1. The molecule has 1 unspecified atom stereocenters. The molecule has 2 aromatic rings. The van der Waals surface area contributed by atoms with E-state index < -0.39 is 0 Å². The van der Waals surface area contributed by atoms with Gasteiger partial charge >= 0.3 is 0 Å². The van der Waals surface area contributed by atoms with E-state index in [2.05, 4.69) is 10.3 Å². The molecule has 8 heteroatoms. The van der Waals surface area contributed by atoms with Crippen molar-refractivity contribution in [2.75, 3.05) is 12.3 Å². The fourth-order valence-corrected chi connectivity index (χ4v) is 4.49. The van der Waals surface area contributed by atoms with Gasteiger partial charge in [0.25, 0.3) is 5.69 Å². The molecule has 5 nitrogen and oxygen atoms in total. The third kappa shape index (κ3) is 4.06. The van der Waals surface area contributed by atoms with E-state index in [-0.39, 0.29) is 23.0 Å². The van der Waals surface area contributed by atoms with Gasteiger partial charge in [0.2, 0.25) is 0 Å². The van der Waals surface area contributed by atoms with Crippen molar-refractivity contribution in [1.82, 2.24) is 10.3 Å². The quantitative estimate of drug-likeness (QED) is 0.517. The number of nitrogens with one attached hydrogen (secondary N) is 1. The molecule has 0 aliphatic carbocycles. The van der Waals surface area contributed by atoms with Crippen molar-refractivity contribution >= 4 is 51.4 Å². The van der Waals surface area contributed by atoms with E-state index in [0.717, 1.165) is 26.9 Å². The number of aromatic nitrogens is 1. The molecule has 1 N–H and O–H groups in total. The van der Waals surface area contributed by atoms with Crippen molar-refractivity contribution < 1.29 is 4.92 Å². The maximum absolute atomic E-state index is 10.8. The lowest BCUT2D eigenvalue weighted by Gasteiger charge is -2.22. The van der Waals surface area contributed by atoms with Crippen molar-refractivity contribution in [2.45, 2.75) is 29.6 Å². The second kappa shape index (κ2) is 7.40. The fourth-order valence-electron chi connectivity index (χ4n) is 2.31. The average Bonchev–Trinajstić information content (AvgIpc) is 2.88. The average molecular weight is 346 g/mol. The van der Waals surface area contributed by atoms with Gasteiger partial charge < -0.3 is 5.32 Å². The Morgan fingerprint density at radius 1 is 1.48 bits per heavy atom.